The standard InChI is InChI=1S/C30H57NO3S/c1-4-7-10-13-16-19-22-26-31(29-25-30-35(32,33)34,27-23-20-17-14-11-8-5-2)28-24-21-18-15-12-9-6-3/h22-24,26-28H,4-21,25,29-30H2,1-3H3/b26-22+,27-23+,28-24+. The number of rotatable bonds is 25. The van der Waals surface area contributed by atoms with Gasteiger partial charge >= 0.3 is 0 Å². The summed E-state index contributed by atoms with van der Waals surface area (Å²) < 4.78 is 34.3. The Kier molecular flexibility index (Phi) is 22.9. The maximum atomic E-state index is 11.3. The summed E-state index contributed by atoms with van der Waals surface area (Å²) in [6, 6.07) is 0. The first-order valence-corrected chi connectivity index (χ1v) is 16.3. The van der Waals surface area contributed by atoms with Crippen LogP contribution in [0.4, 0.5) is 0 Å². The molecule has 0 spiro atoms. The van der Waals surface area contributed by atoms with Crippen molar-refractivity contribution in [2.24, 2.45) is 0 Å². The van der Waals surface area contributed by atoms with E-state index in [0.29, 0.717) is 17.4 Å². The fourth-order valence-electron chi connectivity index (χ4n) is 4.30. The molecule has 0 aliphatic rings. The summed E-state index contributed by atoms with van der Waals surface area (Å²) in [5.41, 5.74) is 0. The fraction of sp³-hybridized carbons (Fsp3) is 0.800. The topological polar surface area (TPSA) is 57.2 Å². The molecule has 5 heteroatoms. The first kappa shape index (κ1) is 34.1. The van der Waals surface area contributed by atoms with E-state index in [1.807, 2.05) is 0 Å². The molecule has 0 saturated carbocycles. The molecule has 206 valence electrons. The first-order valence-electron chi connectivity index (χ1n) is 14.7. The van der Waals surface area contributed by atoms with E-state index in [4.69, 9.17) is 0 Å². The summed E-state index contributed by atoms with van der Waals surface area (Å²) in [7, 11) is -4.19. The van der Waals surface area contributed by atoms with Crippen LogP contribution in [0.2, 0.25) is 0 Å². The Labute approximate surface area is 219 Å². The monoisotopic (exact) mass is 511 g/mol. The quantitative estimate of drug-likeness (QED) is 0.0696. The van der Waals surface area contributed by atoms with Gasteiger partial charge in [0, 0.05) is 12.2 Å². The number of hydrogen-bond donors (Lipinski definition) is 0. The van der Waals surface area contributed by atoms with Crippen molar-refractivity contribution in [3.63, 3.8) is 0 Å². The third-order valence-electron chi connectivity index (χ3n) is 6.51. The van der Waals surface area contributed by atoms with Gasteiger partial charge in [0.15, 0.2) is 0 Å². The van der Waals surface area contributed by atoms with Crippen LogP contribution in [0.3, 0.4) is 0 Å². The zero-order valence-electron chi connectivity index (χ0n) is 23.4. The molecule has 4 nitrogen and oxygen atoms in total. The Morgan fingerprint density at radius 3 is 1.20 bits per heavy atom. The van der Waals surface area contributed by atoms with Crippen molar-refractivity contribution in [1.82, 2.24) is 0 Å². The third-order valence-corrected chi connectivity index (χ3v) is 7.30. The van der Waals surface area contributed by atoms with Crippen LogP contribution in [0, 0.1) is 0 Å². The summed E-state index contributed by atoms with van der Waals surface area (Å²) in [5.74, 6) is -0.298. The molecule has 0 amide bonds. The van der Waals surface area contributed by atoms with Crippen LogP contribution in [-0.4, -0.2) is 29.8 Å². The molecule has 0 aromatic carbocycles. The lowest BCUT2D eigenvalue weighted by Gasteiger charge is -2.27. The molecule has 35 heavy (non-hydrogen) atoms. The van der Waals surface area contributed by atoms with E-state index in [1.165, 1.54) is 96.3 Å². The van der Waals surface area contributed by atoms with Crippen molar-refractivity contribution in [2.45, 2.75) is 143 Å². The van der Waals surface area contributed by atoms with E-state index in [-0.39, 0.29) is 5.75 Å². The Balaban J connectivity index is 5.26. The Bertz CT molecular complexity index is 593. The summed E-state index contributed by atoms with van der Waals surface area (Å²) in [5, 5.41) is 0. The van der Waals surface area contributed by atoms with Gasteiger partial charge in [-0.15, -0.1) is 0 Å². The van der Waals surface area contributed by atoms with Gasteiger partial charge in [0.25, 0.3) is 0 Å². The minimum Gasteiger partial charge on any atom is -0.748 e. The Morgan fingerprint density at radius 2 is 0.886 bits per heavy atom. The second-order valence-electron chi connectivity index (χ2n) is 10.1. The normalized spacial score (nSPS) is 13.1. The molecule has 0 fully saturated rings. The smallest absolute Gasteiger partial charge is 0.101 e. The largest absolute Gasteiger partial charge is 0.748 e. The van der Waals surface area contributed by atoms with Crippen molar-refractivity contribution < 1.29 is 17.5 Å². The summed E-state index contributed by atoms with van der Waals surface area (Å²) in [6.45, 7) is 7.31. The van der Waals surface area contributed by atoms with Crippen LogP contribution in [0.5, 0.6) is 0 Å². The van der Waals surface area contributed by atoms with E-state index in [9.17, 15) is 13.0 Å². The van der Waals surface area contributed by atoms with E-state index in [2.05, 4.69) is 57.6 Å². The molecule has 0 rings (SSSR count). The van der Waals surface area contributed by atoms with Gasteiger partial charge in [-0.25, -0.2) is 12.9 Å². The van der Waals surface area contributed by atoms with E-state index >= 15 is 0 Å². The van der Waals surface area contributed by atoms with Gasteiger partial charge in [-0.2, -0.15) is 0 Å². The molecule has 0 atom stereocenters. The summed E-state index contributed by atoms with van der Waals surface area (Å²) in [4.78, 5) is 0. The van der Waals surface area contributed by atoms with Gasteiger partial charge in [-0.3, -0.25) is 0 Å². The zero-order valence-corrected chi connectivity index (χ0v) is 24.2. The van der Waals surface area contributed by atoms with E-state index in [0.717, 1.165) is 19.3 Å². The average Bonchev–Trinajstić information content (AvgIpc) is 2.81. The van der Waals surface area contributed by atoms with Gasteiger partial charge < -0.3 is 4.55 Å². The number of hydrogen-bond acceptors (Lipinski definition) is 3. The van der Waals surface area contributed by atoms with Gasteiger partial charge in [0.2, 0.25) is 0 Å². The predicted octanol–water partition coefficient (Wildman–Crippen LogP) is 9.36. The number of quaternary nitrogens is 1. The average molecular weight is 512 g/mol. The maximum absolute atomic E-state index is 11.3. The molecule has 0 bridgehead atoms. The minimum absolute atomic E-state index is 0.298. The number of allylic oxidation sites excluding steroid dienone is 3. The van der Waals surface area contributed by atoms with Crippen LogP contribution >= 0.6 is 0 Å². The zero-order chi connectivity index (χ0) is 26.1. The molecular formula is C30H57NO3S. The molecule has 0 aromatic heterocycles. The molecule has 0 N–H and O–H groups in total. The SMILES string of the molecule is CCCCCCC/C=C/[N+](/C=C/CCCCCCC)(/C=C/CCCCCCC)CCCS(=O)(=O)[O-]. The van der Waals surface area contributed by atoms with Crippen LogP contribution < -0.4 is 0 Å². The molecule has 0 aliphatic carbocycles. The second kappa shape index (κ2) is 23.5. The van der Waals surface area contributed by atoms with Crippen molar-refractivity contribution in [3.05, 3.63) is 36.8 Å². The van der Waals surface area contributed by atoms with Gasteiger partial charge in [-0.05, 0) is 56.8 Å². The van der Waals surface area contributed by atoms with Crippen molar-refractivity contribution in [3.8, 4) is 0 Å². The number of nitrogens with zero attached hydrogens (tertiary/aromatic N) is 1. The third kappa shape index (κ3) is 23.3. The van der Waals surface area contributed by atoms with Gasteiger partial charge in [0.05, 0.1) is 16.7 Å². The van der Waals surface area contributed by atoms with Crippen LogP contribution in [-0.2, 0) is 10.1 Å². The Morgan fingerprint density at radius 1 is 0.543 bits per heavy atom. The summed E-state index contributed by atoms with van der Waals surface area (Å²) in [6.07, 6.45) is 35.8. The number of unbranched alkanes of at least 4 members (excludes halogenated alkanes) is 15. The lowest BCUT2D eigenvalue weighted by Crippen LogP contribution is -2.33. The fourth-order valence-corrected chi connectivity index (χ4v) is 4.78. The highest BCUT2D eigenvalue weighted by Crippen LogP contribution is 2.18. The van der Waals surface area contributed by atoms with Crippen molar-refractivity contribution >= 4 is 10.1 Å². The minimum atomic E-state index is -4.19. The highest BCUT2D eigenvalue weighted by molar-refractivity contribution is 7.85. The molecule has 0 radical (unpaired) electrons. The van der Waals surface area contributed by atoms with Crippen LogP contribution in [0.15, 0.2) is 36.8 Å². The summed E-state index contributed by atoms with van der Waals surface area (Å²) >= 11 is 0. The van der Waals surface area contributed by atoms with E-state index in [1.54, 1.807) is 0 Å². The lowest BCUT2D eigenvalue weighted by molar-refractivity contribution is -0.773. The van der Waals surface area contributed by atoms with Crippen LogP contribution in [0.25, 0.3) is 0 Å². The van der Waals surface area contributed by atoms with E-state index < -0.39 is 10.1 Å². The van der Waals surface area contributed by atoms with Crippen molar-refractivity contribution in [1.29, 1.82) is 0 Å². The molecular weight excluding hydrogens is 454 g/mol. The first-order chi connectivity index (χ1) is 16.9. The predicted molar refractivity (Wildman–Crippen MR) is 152 cm³/mol. The molecule has 0 aromatic rings. The molecule has 0 aliphatic heterocycles. The van der Waals surface area contributed by atoms with Gasteiger partial charge in [0.1, 0.15) is 18.6 Å². The highest BCUT2D eigenvalue weighted by Gasteiger charge is 2.19. The molecule has 0 saturated heterocycles. The maximum Gasteiger partial charge on any atom is 0.101 e. The van der Waals surface area contributed by atoms with Gasteiger partial charge in [-0.1, -0.05) is 97.8 Å². The highest BCUT2D eigenvalue weighted by atomic mass is 32.2. The van der Waals surface area contributed by atoms with Crippen molar-refractivity contribution in [2.75, 3.05) is 12.3 Å². The lowest BCUT2D eigenvalue weighted by atomic mass is 10.1. The molecule has 0 heterocycles. The second-order valence-corrected chi connectivity index (χ2v) is 11.6. The van der Waals surface area contributed by atoms with Crippen LogP contribution in [0.1, 0.15) is 143 Å². The molecule has 0 unspecified atom stereocenters. The Hall–Kier alpha value is -0.910.